The van der Waals surface area contributed by atoms with Gasteiger partial charge in [0.25, 0.3) is 11.6 Å². The van der Waals surface area contributed by atoms with E-state index < -0.39 is 16.9 Å². The molecule has 0 spiro atoms. The summed E-state index contributed by atoms with van der Waals surface area (Å²) in [6, 6.07) is 12.3. The van der Waals surface area contributed by atoms with E-state index >= 15 is 0 Å². The molecule has 8 heteroatoms. The van der Waals surface area contributed by atoms with Crippen molar-refractivity contribution in [3.05, 3.63) is 81.0 Å². The molecule has 1 heterocycles. The number of benzene rings is 2. The van der Waals surface area contributed by atoms with Crippen LogP contribution in [0.3, 0.4) is 0 Å². The minimum absolute atomic E-state index is 0.0612. The minimum atomic E-state index is -0.599. The van der Waals surface area contributed by atoms with Gasteiger partial charge in [-0.2, -0.15) is 0 Å². The predicted octanol–water partition coefficient (Wildman–Crippen LogP) is 3.42. The van der Waals surface area contributed by atoms with Gasteiger partial charge in [0.05, 0.1) is 16.5 Å². The molecule has 0 bridgehead atoms. The largest absolute Gasteiger partial charge is 0.327 e. The molecule has 0 saturated heterocycles. The van der Waals surface area contributed by atoms with E-state index in [0.29, 0.717) is 17.0 Å². The molecule has 3 N–H and O–H groups in total. The molecular weight excluding hydrogens is 360 g/mol. The molecule has 1 aliphatic heterocycles. The Balaban J connectivity index is 1.88. The van der Waals surface area contributed by atoms with Gasteiger partial charge in [0.15, 0.2) is 0 Å². The number of non-ortho nitro benzene ring substituents is 1. The first-order valence-electron chi connectivity index (χ1n) is 8.82. The van der Waals surface area contributed by atoms with Crippen LogP contribution in [0.4, 0.5) is 16.2 Å². The molecule has 0 unspecified atom stereocenters. The first kappa shape index (κ1) is 19.1. The third kappa shape index (κ3) is 4.01. The average Bonchev–Trinajstić information content (AvgIpc) is 2.67. The number of rotatable bonds is 5. The summed E-state index contributed by atoms with van der Waals surface area (Å²) in [7, 11) is 0. The van der Waals surface area contributed by atoms with Gasteiger partial charge in [0.1, 0.15) is 0 Å². The van der Waals surface area contributed by atoms with Crippen LogP contribution in [0.1, 0.15) is 31.0 Å². The summed E-state index contributed by atoms with van der Waals surface area (Å²) in [6.07, 6.45) is 0.890. The second-order valence-corrected chi connectivity index (χ2v) is 6.42. The van der Waals surface area contributed by atoms with Crippen molar-refractivity contribution >= 4 is 23.3 Å². The lowest BCUT2D eigenvalue weighted by atomic mass is 9.94. The number of nitrogens with one attached hydrogen (secondary N) is 3. The lowest BCUT2D eigenvalue weighted by molar-refractivity contribution is -0.384. The molecule has 3 rings (SSSR count). The summed E-state index contributed by atoms with van der Waals surface area (Å²) in [4.78, 5) is 35.1. The fourth-order valence-corrected chi connectivity index (χ4v) is 3.06. The number of allylic oxidation sites excluding steroid dienone is 1. The van der Waals surface area contributed by atoms with Gasteiger partial charge in [-0.15, -0.1) is 0 Å². The van der Waals surface area contributed by atoms with E-state index in [1.165, 1.54) is 24.3 Å². The lowest BCUT2D eigenvalue weighted by Gasteiger charge is -2.28. The number of nitro groups is 1. The van der Waals surface area contributed by atoms with Crippen LogP contribution in [0, 0.1) is 10.1 Å². The maximum atomic E-state index is 12.9. The van der Waals surface area contributed by atoms with Gasteiger partial charge in [0.2, 0.25) is 0 Å². The summed E-state index contributed by atoms with van der Waals surface area (Å²) >= 11 is 0. The topological polar surface area (TPSA) is 113 Å². The fraction of sp³-hybridized carbons (Fsp3) is 0.200. The molecule has 0 aliphatic carbocycles. The number of aryl methyl sites for hydroxylation is 1. The van der Waals surface area contributed by atoms with Crippen molar-refractivity contribution in [2.45, 2.75) is 26.3 Å². The molecule has 1 atom stereocenters. The second-order valence-electron chi connectivity index (χ2n) is 6.42. The van der Waals surface area contributed by atoms with Gasteiger partial charge < -0.3 is 16.0 Å². The van der Waals surface area contributed by atoms with Crippen LogP contribution in [0.2, 0.25) is 0 Å². The Labute approximate surface area is 161 Å². The number of nitrogens with zero attached hydrogens (tertiary/aromatic N) is 1. The molecule has 0 radical (unpaired) electrons. The Bertz CT molecular complexity index is 949. The molecule has 0 fully saturated rings. The molecule has 144 valence electrons. The highest BCUT2D eigenvalue weighted by Crippen LogP contribution is 2.28. The van der Waals surface area contributed by atoms with Crippen LogP contribution in [-0.4, -0.2) is 16.9 Å². The van der Waals surface area contributed by atoms with Gasteiger partial charge in [-0.3, -0.25) is 14.9 Å². The zero-order chi connectivity index (χ0) is 20.3. The van der Waals surface area contributed by atoms with E-state index in [1.54, 1.807) is 6.92 Å². The molecule has 8 nitrogen and oxygen atoms in total. The van der Waals surface area contributed by atoms with Crippen molar-refractivity contribution in [1.29, 1.82) is 0 Å². The Morgan fingerprint density at radius 1 is 1.14 bits per heavy atom. The molecule has 0 aromatic heterocycles. The third-order valence-electron chi connectivity index (χ3n) is 4.57. The summed E-state index contributed by atoms with van der Waals surface area (Å²) in [5, 5.41) is 18.9. The standard InChI is InChI=1S/C20H20N4O4/c1-3-13-4-6-14(7-5-13)18-17(12(2)21-20(26)23-18)19(25)22-15-8-10-16(11-9-15)24(27)28/h4-11,18H,3H2,1-2H3,(H,22,25)(H2,21,23,26)/t18-/m0/s1. The minimum Gasteiger partial charge on any atom is -0.327 e. The zero-order valence-electron chi connectivity index (χ0n) is 15.5. The van der Waals surface area contributed by atoms with Crippen molar-refractivity contribution in [2.24, 2.45) is 0 Å². The number of urea groups is 1. The number of anilines is 1. The molecule has 2 aromatic rings. The highest BCUT2D eigenvalue weighted by Gasteiger charge is 2.31. The van der Waals surface area contributed by atoms with Gasteiger partial charge in [0, 0.05) is 23.5 Å². The highest BCUT2D eigenvalue weighted by molar-refractivity contribution is 6.06. The number of carbonyl (C=O) groups is 2. The Morgan fingerprint density at radius 2 is 1.79 bits per heavy atom. The maximum absolute atomic E-state index is 12.9. The molecule has 28 heavy (non-hydrogen) atoms. The Morgan fingerprint density at radius 3 is 2.36 bits per heavy atom. The van der Waals surface area contributed by atoms with Crippen molar-refractivity contribution in [2.75, 3.05) is 5.32 Å². The van der Waals surface area contributed by atoms with Crippen LogP contribution >= 0.6 is 0 Å². The van der Waals surface area contributed by atoms with Crippen molar-refractivity contribution in [1.82, 2.24) is 10.6 Å². The van der Waals surface area contributed by atoms with Crippen molar-refractivity contribution in [3.63, 3.8) is 0 Å². The van der Waals surface area contributed by atoms with Crippen LogP contribution < -0.4 is 16.0 Å². The maximum Gasteiger partial charge on any atom is 0.319 e. The van der Waals surface area contributed by atoms with Crippen LogP contribution in [0.25, 0.3) is 0 Å². The smallest absolute Gasteiger partial charge is 0.319 e. The van der Waals surface area contributed by atoms with Crippen molar-refractivity contribution < 1.29 is 14.5 Å². The van der Waals surface area contributed by atoms with Crippen LogP contribution in [0.15, 0.2) is 59.8 Å². The second kappa shape index (κ2) is 7.91. The monoisotopic (exact) mass is 380 g/mol. The van der Waals surface area contributed by atoms with E-state index in [9.17, 15) is 19.7 Å². The fourth-order valence-electron chi connectivity index (χ4n) is 3.06. The van der Waals surface area contributed by atoms with Gasteiger partial charge >= 0.3 is 6.03 Å². The number of amides is 3. The SMILES string of the molecule is CCc1ccc([C@@H]2NC(=O)NC(C)=C2C(=O)Nc2ccc([N+](=O)[O-])cc2)cc1. The molecular formula is C20H20N4O4. The number of hydrogen-bond acceptors (Lipinski definition) is 4. The van der Waals surface area contributed by atoms with Crippen LogP contribution in [0.5, 0.6) is 0 Å². The Hall–Kier alpha value is -3.68. The Kier molecular flexibility index (Phi) is 5.39. The quantitative estimate of drug-likeness (QED) is 0.545. The summed E-state index contributed by atoms with van der Waals surface area (Å²) < 4.78 is 0. The van der Waals surface area contributed by atoms with E-state index in [4.69, 9.17) is 0 Å². The van der Waals surface area contributed by atoms with E-state index in [1.807, 2.05) is 24.3 Å². The summed E-state index contributed by atoms with van der Waals surface area (Å²) in [5.41, 5.74) is 3.14. The molecule has 3 amide bonds. The van der Waals surface area contributed by atoms with E-state index in [2.05, 4.69) is 22.9 Å². The van der Waals surface area contributed by atoms with Crippen molar-refractivity contribution in [3.8, 4) is 0 Å². The zero-order valence-corrected chi connectivity index (χ0v) is 15.5. The number of carbonyl (C=O) groups excluding carboxylic acids is 2. The molecule has 1 aliphatic rings. The van der Waals surface area contributed by atoms with E-state index in [0.717, 1.165) is 17.5 Å². The lowest BCUT2D eigenvalue weighted by Crippen LogP contribution is -2.45. The van der Waals surface area contributed by atoms with E-state index in [-0.39, 0.29) is 11.7 Å². The summed E-state index contributed by atoms with van der Waals surface area (Å²) in [5.74, 6) is -0.400. The predicted molar refractivity (Wildman–Crippen MR) is 105 cm³/mol. The first-order valence-corrected chi connectivity index (χ1v) is 8.82. The van der Waals surface area contributed by atoms with Gasteiger partial charge in [-0.1, -0.05) is 31.2 Å². The van der Waals surface area contributed by atoms with Gasteiger partial charge in [-0.05, 0) is 36.6 Å². The third-order valence-corrected chi connectivity index (χ3v) is 4.57. The average molecular weight is 380 g/mol. The normalized spacial score (nSPS) is 16.2. The molecule has 0 saturated carbocycles. The first-order chi connectivity index (χ1) is 13.4. The molecule has 2 aromatic carbocycles. The number of hydrogen-bond donors (Lipinski definition) is 3. The highest BCUT2D eigenvalue weighted by atomic mass is 16.6. The van der Waals surface area contributed by atoms with Gasteiger partial charge in [-0.25, -0.2) is 4.79 Å². The number of nitro benzene ring substituents is 1. The summed E-state index contributed by atoms with van der Waals surface area (Å²) in [6.45, 7) is 3.71. The van der Waals surface area contributed by atoms with Crippen LogP contribution in [-0.2, 0) is 11.2 Å².